The van der Waals surface area contributed by atoms with E-state index in [1.807, 2.05) is 12.1 Å². The molecule has 5 nitrogen and oxygen atoms in total. The van der Waals surface area contributed by atoms with Gasteiger partial charge in [0.25, 0.3) is 0 Å². The van der Waals surface area contributed by atoms with Gasteiger partial charge in [0.05, 0.1) is 11.0 Å². The highest BCUT2D eigenvalue weighted by atomic mass is 31.1. The molecule has 7 heteroatoms. The van der Waals surface area contributed by atoms with E-state index >= 15 is 0 Å². The number of pyridine rings is 1. The van der Waals surface area contributed by atoms with Crippen LogP contribution in [-0.4, -0.2) is 4.98 Å². The lowest BCUT2D eigenvalue weighted by Crippen LogP contribution is -2.44. The number of nitrogens with zero attached hydrogens (tertiary/aromatic N) is 1. The van der Waals surface area contributed by atoms with Gasteiger partial charge in [-0.15, -0.1) is 0 Å². The third-order valence-electron chi connectivity index (χ3n) is 13.0. The summed E-state index contributed by atoms with van der Waals surface area (Å²) in [7, 11) is -5.57. The van der Waals surface area contributed by atoms with Crippen molar-refractivity contribution in [3.05, 3.63) is 53.6 Å². The standard InChI is InChI=1S/C39H51NO4P2/c41-45(42)38(30-17-5-1-6-18-30,31-19-7-2-8-20-31)34-25-13-15-28-27-29-16-14-26-35(37(29)40-36(28)34)39(46(43)44,32-21-9-3-10-22-32)33-23-11-4-12-24-33/h13-16,25-27,30-33H,1-12,17-24H2. The normalized spacial score (nSPS) is 22.7. The first-order valence-corrected chi connectivity index (χ1v) is 21.0. The van der Waals surface area contributed by atoms with Crippen LogP contribution >= 0.6 is 16.1 Å². The molecule has 7 rings (SSSR count). The molecule has 4 saturated carbocycles. The predicted octanol–water partition coefficient (Wildman–Crippen LogP) is 10.3. The Morgan fingerprint density at radius 3 is 1.09 bits per heavy atom. The molecule has 4 aliphatic rings. The van der Waals surface area contributed by atoms with E-state index in [1.54, 1.807) is 0 Å². The first kappa shape index (κ1) is 32.8. The third-order valence-corrected chi connectivity index (χ3v) is 16.2. The second kappa shape index (κ2) is 14.0. The lowest BCUT2D eigenvalue weighted by molar-refractivity contribution is -0.175. The van der Waals surface area contributed by atoms with Gasteiger partial charge in [-0.3, -0.25) is 0 Å². The fourth-order valence-electron chi connectivity index (χ4n) is 11.0. The molecule has 46 heavy (non-hydrogen) atoms. The van der Waals surface area contributed by atoms with Crippen LogP contribution in [0.4, 0.5) is 0 Å². The molecule has 0 amide bonds. The molecule has 0 spiro atoms. The Bertz CT molecular complexity index is 1420. The van der Waals surface area contributed by atoms with Crippen molar-refractivity contribution in [3.63, 3.8) is 0 Å². The second-order valence-electron chi connectivity index (χ2n) is 15.2. The van der Waals surface area contributed by atoms with Gasteiger partial charge in [-0.1, -0.05) is 123 Å². The Morgan fingerprint density at radius 2 is 0.804 bits per heavy atom. The zero-order valence-electron chi connectivity index (χ0n) is 27.5. The number of hydrogen-bond donors (Lipinski definition) is 0. The van der Waals surface area contributed by atoms with E-state index in [9.17, 15) is 18.9 Å². The summed E-state index contributed by atoms with van der Waals surface area (Å²) in [5.74, 6) is 0.346. The van der Waals surface area contributed by atoms with Crippen molar-refractivity contribution in [1.82, 2.24) is 4.98 Å². The Balaban J connectivity index is 1.50. The van der Waals surface area contributed by atoms with Crippen LogP contribution in [0.3, 0.4) is 0 Å². The molecular weight excluding hydrogens is 608 g/mol. The fourth-order valence-corrected chi connectivity index (χ4v) is 14.0. The number of aromatic nitrogens is 1. The quantitative estimate of drug-likeness (QED) is 0.177. The van der Waals surface area contributed by atoms with Crippen molar-refractivity contribution >= 4 is 37.9 Å². The van der Waals surface area contributed by atoms with Gasteiger partial charge in [0, 0.05) is 45.6 Å². The van der Waals surface area contributed by atoms with E-state index in [4.69, 9.17) is 4.98 Å². The molecule has 4 aliphatic carbocycles. The topological polar surface area (TPSA) is 93.1 Å². The molecule has 0 bridgehead atoms. The zero-order valence-corrected chi connectivity index (χ0v) is 29.3. The summed E-state index contributed by atoms with van der Waals surface area (Å²) in [5, 5.41) is 0.0299. The van der Waals surface area contributed by atoms with Gasteiger partial charge in [-0.2, -0.15) is 0 Å². The molecule has 2 unspecified atom stereocenters. The van der Waals surface area contributed by atoms with Crippen molar-refractivity contribution in [2.24, 2.45) is 23.7 Å². The van der Waals surface area contributed by atoms with Gasteiger partial charge in [0.15, 0.2) is 10.3 Å². The highest BCUT2D eigenvalue weighted by molar-refractivity contribution is 7.38. The van der Waals surface area contributed by atoms with E-state index in [0.29, 0.717) is 0 Å². The van der Waals surface area contributed by atoms with Crippen LogP contribution in [0.2, 0.25) is 0 Å². The molecule has 4 fully saturated rings. The third kappa shape index (κ3) is 5.50. The Labute approximate surface area is 277 Å². The Kier molecular flexibility index (Phi) is 9.96. The maximum absolute atomic E-state index is 14.0. The van der Waals surface area contributed by atoms with Gasteiger partial charge in [-0.25, -0.2) is 4.98 Å². The molecule has 0 saturated heterocycles. The van der Waals surface area contributed by atoms with Gasteiger partial charge in [0.2, 0.25) is 0 Å². The zero-order chi connectivity index (χ0) is 31.7. The summed E-state index contributed by atoms with van der Waals surface area (Å²) in [6, 6.07) is 14.5. The average Bonchev–Trinajstić information content (AvgIpc) is 3.10. The first-order chi connectivity index (χ1) is 22.5. The largest absolute Gasteiger partial charge is 0.595 e. The van der Waals surface area contributed by atoms with Gasteiger partial charge in [0.1, 0.15) is 0 Å². The minimum atomic E-state index is -2.78. The molecule has 0 N–H and O–H groups in total. The number of hydrogen-bond acceptors (Lipinski definition) is 5. The minimum Gasteiger partial charge on any atom is -0.595 e. The van der Waals surface area contributed by atoms with Crippen LogP contribution in [-0.2, 0) is 19.4 Å². The van der Waals surface area contributed by atoms with E-state index in [-0.39, 0.29) is 23.7 Å². The summed E-state index contributed by atoms with van der Waals surface area (Å²) < 4.78 is 28.0. The van der Waals surface area contributed by atoms with Gasteiger partial charge < -0.3 is 9.79 Å². The van der Waals surface area contributed by atoms with E-state index in [0.717, 1.165) is 136 Å². The summed E-state index contributed by atoms with van der Waals surface area (Å²) in [6.07, 6.45) is 20.9. The molecule has 1 heterocycles. The minimum absolute atomic E-state index is 0.0866. The molecule has 3 aromatic rings. The smallest absolute Gasteiger partial charge is 0.320 e. The number of benzene rings is 2. The maximum Gasteiger partial charge on any atom is 0.320 e. The Hall–Kier alpha value is -1.77. The summed E-state index contributed by atoms with van der Waals surface area (Å²) >= 11 is 0. The average molecular weight is 660 g/mol. The number of para-hydroxylation sites is 2. The second-order valence-corrected chi connectivity index (χ2v) is 17.8. The van der Waals surface area contributed by atoms with Crippen molar-refractivity contribution < 1.29 is 18.9 Å². The van der Waals surface area contributed by atoms with Gasteiger partial charge >= 0.3 is 16.1 Å². The maximum atomic E-state index is 14.0. The number of rotatable bonds is 8. The predicted molar refractivity (Wildman–Crippen MR) is 184 cm³/mol. The summed E-state index contributed by atoms with van der Waals surface area (Å²) in [6.45, 7) is 0. The van der Waals surface area contributed by atoms with E-state index < -0.39 is 26.4 Å². The molecule has 1 aromatic heterocycles. The van der Waals surface area contributed by atoms with Crippen LogP contribution in [0.1, 0.15) is 140 Å². The molecule has 0 radical (unpaired) electrons. The van der Waals surface area contributed by atoms with Crippen molar-refractivity contribution in [3.8, 4) is 0 Å². The van der Waals surface area contributed by atoms with Gasteiger partial charge in [-0.05, 0) is 57.4 Å². The Morgan fingerprint density at radius 1 is 0.500 bits per heavy atom. The van der Waals surface area contributed by atoms with Crippen LogP contribution in [0, 0.1) is 23.7 Å². The van der Waals surface area contributed by atoms with Crippen LogP contribution in [0.15, 0.2) is 42.5 Å². The monoisotopic (exact) mass is 659 g/mol. The lowest BCUT2D eigenvalue weighted by atomic mass is 9.65. The van der Waals surface area contributed by atoms with Crippen molar-refractivity contribution in [1.29, 1.82) is 0 Å². The van der Waals surface area contributed by atoms with Crippen molar-refractivity contribution in [2.45, 2.75) is 139 Å². The van der Waals surface area contributed by atoms with Crippen LogP contribution < -0.4 is 9.79 Å². The molecule has 2 aromatic carbocycles. The van der Waals surface area contributed by atoms with Crippen molar-refractivity contribution in [2.75, 3.05) is 0 Å². The lowest BCUT2D eigenvalue weighted by Gasteiger charge is -2.44. The fraction of sp³-hybridized carbons (Fsp3) is 0.667. The molecular formula is C39H51NO4P2. The SMILES string of the molecule is O=[P+]([O-])C(c1cccc2cc3cccc(C(C4CCCCC4)(C4CCCCC4)[P+](=O)[O-])c3nc12)(C1CCCCC1)C1CCCCC1. The molecule has 246 valence electrons. The van der Waals surface area contributed by atoms with E-state index in [1.165, 1.54) is 25.7 Å². The van der Waals surface area contributed by atoms with E-state index in [2.05, 4.69) is 30.3 Å². The van der Waals surface area contributed by atoms with Crippen LogP contribution in [0.5, 0.6) is 0 Å². The highest BCUT2D eigenvalue weighted by Crippen LogP contribution is 2.63. The summed E-state index contributed by atoms with van der Waals surface area (Å²) in [5.41, 5.74) is 3.31. The number of fused-ring (bicyclic) bond motifs is 2. The van der Waals surface area contributed by atoms with Crippen LogP contribution in [0.25, 0.3) is 21.8 Å². The molecule has 2 atom stereocenters. The first-order valence-electron chi connectivity index (χ1n) is 18.6. The highest BCUT2D eigenvalue weighted by Gasteiger charge is 2.59. The summed E-state index contributed by atoms with van der Waals surface area (Å²) in [4.78, 5) is 33.5. The molecule has 0 aliphatic heterocycles.